The maximum absolute atomic E-state index is 12.0. The Kier molecular flexibility index (Phi) is 7.80. The summed E-state index contributed by atoms with van der Waals surface area (Å²) < 4.78 is 5.52. The average Bonchev–Trinajstić information content (AvgIpc) is 2.75. The lowest BCUT2D eigenvalue weighted by Crippen LogP contribution is -2.17. The minimum atomic E-state index is -0.445. The Morgan fingerprint density at radius 3 is 2.42 bits per heavy atom. The van der Waals surface area contributed by atoms with E-state index < -0.39 is 5.91 Å². The summed E-state index contributed by atoms with van der Waals surface area (Å²) in [4.78, 5) is 12.0. The molecule has 0 aliphatic rings. The van der Waals surface area contributed by atoms with Gasteiger partial charge in [0.2, 0.25) is 0 Å². The highest BCUT2D eigenvalue weighted by Gasteiger charge is 2.07. The van der Waals surface area contributed by atoms with Gasteiger partial charge in [-0.1, -0.05) is 64.8 Å². The smallest absolute Gasteiger partial charge is 0.271 e. The molecule has 2 N–H and O–H groups in total. The minimum Gasteiger partial charge on any atom is -0.506 e. The molecule has 0 aliphatic carbocycles. The molecule has 0 spiro atoms. The highest BCUT2D eigenvalue weighted by Crippen LogP contribution is 2.32. The standard InChI is InChI=1S/C23H15Cl3N2O3/c24-18-4-1-5-19(25)22(18)31-12-2-3-15-6-8-16(9-7-15)14-27-28-23(30)17-10-11-21(29)20(26)13-17/h1,4-11,13-14,29H,12H2,(H,28,30). The molecular formula is C23H15Cl3N2O3. The Bertz CT molecular complexity index is 1160. The van der Waals surface area contributed by atoms with Crippen LogP contribution in [0.15, 0.2) is 65.8 Å². The number of nitrogens with zero attached hydrogens (tertiary/aromatic N) is 1. The third-order valence-electron chi connectivity index (χ3n) is 3.94. The quantitative estimate of drug-likeness (QED) is 0.290. The number of ether oxygens (including phenoxy) is 1. The van der Waals surface area contributed by atoms with Crippen molar-refractivity contribution in [2.75, 3.05) is 6.61 Å². The molecule has 0 saturated carbocycles. The zero-order valence-corrected chi connectivity index (χ0v) is 18.2. The van der Waals surface area contributed by atoms with Gasteiger partial charge in [-0.2, -0.15) is 5.10 Å². The molecule has 0 saturated heterocycles. The number of carbonyl (C=O) groups is 1. The van der Waals surface area contributed by atoms with Crippen LogP contribution in [0.1, 0.15) is 21.5 Å². The first-order valence-electron chi connectivity index (χ1n) is 8.91. The van der Waals surface area contributed by atoms with Gasteiger partial charge in [0.15, 0.2) is 5.75 Å². The molecule has 0 bridgehead atoms. The third kappa shape index (κ3) is 6.40. The molecule has 5 nitrogen and oxygen atoms in total. The van der Waals surface area contributed by atoms with Gasteiger partial charge >= 0.3 is 0 Å². The van der Waals surface area contributed by atoms with Crippen molar-refractivity contribution in [3.05, 3.63) is 92.4 Å². The number of halogens is 3. The highest BCUT2D eigenvalue weighted by atomic mass is 35.5. The highest BCUT2D eigenvalue weighted by molar-refractivity contribution is 6.37. The SMILES string of the molecule is O=C(NN=Cc1ccc(C#CCOc2c(Cl)cccc2Cl)cc1)c1ccc(O)c(Cl)c1. The molecule has 0 aromatic heterocycles. The monoisotopic (exact) mass is 472 g/mol. The molecule has 3 aromatic rings. The normalized spacial score (nSPS) is 10.4. The lowest BCUT2D eigenvalue weighted by molar-refractivity contribution is 0.0955. The first-order chi connectivity index (χ1) is 14.9. The number of aromatic hydroxyl groups is 1. The lowest BCUT2D eigenvalue weighted by Gasteiger charge is -2.05. The molecule has 3 rings (SSSR count). The molecule has 1 amide bonds. The van der Waals surface area contributed by atoms with Crippen LogP contribution in [0, 0.1) is 11.8 Å². The maximum Gasteiger partial charge on any atom is 0.271 e. The van der Waals surface area contributed by atoms with Gasteiger partial charge in [-0.15, -0.1) is 0 Å². The Morgan fingerprint density at radius 1 is 1.03 bits per heavy atom. The second kappa shape index (κ2) is 10.7. The van der Waals surface area contributed by atoms with Crippen LogP contribution in [-0.4, -0.2) is 23.8 Å². The third-order valence-corrected chi connectivity index (χ3v) is 4.84. The second-order valence-corrected chi connectivity index (χ2v) is 7.35. The summed E-state index contributed by atoms with van der Waals surface area (Å²) >= 11 is 17.9. The number of hydrazone groups is 1. The zero-order chi connectivity index (χ0) is 22.2. The van der Waals surface area contributed by atoms with Gasteiger partial charge in [-0.25, -0.2) is 5.43 Å². The van der Waals surface area contributed by atoms with E-state index >= 15 is 0 Å². The number of para-hydroxylation sites is 1. The fourth-order valence-electron chi connectivity index (χ4n) is 2.40. The maximum atomic E-state index is 12.0. The van der Waals surface area contributed by atoms with E-state index in [1.165, 1.54) is 24.4 Å². The number of hydrogen-bond donors (Lipinski definition) is 2. The molecule has 31 heavy (non-hydrogen) atoms. The van der Waals surface area contributed by atoms with Crippen molar-refractivity contribution < 1.29 is 14.6 Å². The molecular weight excluding hydrogens is 459 g/mol. The van der Waals surface area contributed by atoms with Crippen molar-refractivity contribution in [3.63, 3.8) is 0 Å². The predicted octanol–water partition coefficient (Wildman–Crippen LogP) is 5.55. The van der Waals surface area contributed by atoms with Gasteiger partial charge in [0, 0.05) is 11.1 Å². The molecule has 0 aliphatic heterocycles. The van der Waals surface area contributed by atoms with Crippen molar-refractivity contribution in [2.45, 2.75) is 0 Å². The molecule has 0 heterocycles. The summed E-state index contributed by atoms with van der Waals surface area (Å²) in [7, 11) is 0. The fourth-order valence-corrected chi connectivity index (χ4v) is 3.08. The number of hydrogen-bond acceptors (Lipinski definition) is 4. The van der Waals surface area contributed by atoms with Crippen LogP contribution in [-0.2, 0) is 0 Å². The number of phenolic OH excluding ortho intramolecular Hbond substituents is 1. The average molecular weight is 474 g/mol. The Hall–Kier alpha value is -3.17. The summed E-state index contributed by atoms with van der Waals surface area (Å²) in [5, 5.41) is 14.3. The summed E-state index contributed by atoms with van der Waals surface area (Å²) in [5.74, 6) is 5.75. The van der Waals surface area contributed by atoms with Crippen LogP contribution < -0.4 is 10.2 Å². The first kappa shape index (κ1) is 22.5. The van der Waals surface area contributed by atoms with E-state index in [-0.39, 0.29) is 22.9 Å². The van der Waals surface area contributed by atoms with Crippen molar-refractivity contribution in [1.82, 2.24) is 5.43 Å². The van der Waals surface area contributed by atoms with Gasteiger partial charge in [-0.05, 0) is 48.0 Å². The van der Waals surface area contributed by atoms with Crippen LogP contribution >= 0.6 is 34.8 Å². The number of amides is 1. The number of rotatable bonds is 5. The summed E-state index contributed by atoms with van der Waals surface area (Å²) in [6.07, 6.45) is 1.50. The predicted molar refractivity (Wildman–Crippen MR) is 123 cm³/mol. The van der Waals surface area contributed by atoms with Gasteiger partial charge < -0.3 is 9.84 Å². The van der Waals surface area contributed by atoms with E-state index in [1.54, 1.807) is 18.2 Å². The van der Waals surface area contributed by atoms with Crippen LogP contribution in [0.2, 0.25) is 15.1 Å². The fraction of sp³-hybridized carbons (Fsp3) is 0.0435. The van der Waals surface area contributed by atoms with Crippen LogP contribution in [0.5, 0.6) is 11.5 Å². The Balaban J connectivity index is 1.52. The van der Waals surface area contributed by atoms with Crippen molar-refractivity contribution in [1.29, 1.82) is 0 Å². The van der Waals surface area contributed by atoms with Crippen LogP contribution in [0.4, 0.5) is 0 Å². The zero-order valence-electron chi connectivity index (χ0n) is 15.9. The molecule has 8 heteroatoms. The molecule has 3 aromatic carbocycles. The molecule has 0 unspecified atom stereocenters. The summed E-state index contributed by atoms with van der Waals surface area (Å²) in [6.45, 7) is 0.139. The van der Waals surface area contributed by atoms with E-state index in [4.69, 9.17) is 39.5 Å². The second-order valence-electron chi connectivity index (χ2n) is 6.13. The topological polar surface area (TPSA) is 70.9 Å². The minimum absolute atomic E-state index is 0.0914. The molecule has 0 fully saturated rings. The van der Waals surface area contributed by atoms with Crippen molar-refractivity contribution in [2.24, 2.45) is 5.10 Å². The van der Waals surface area contributed by atoms with E-state index in [2.05, 4.69) is 22.4 Å². The molecule has 0 radical (unpaired) electrons. The van der Waals surface area contributed by atoms with E-state index in [0.717, 1.165) is 11.1 Å². The van der Waals surface area contributed by atoms with Gasteiger partial charge in [-0.3, -0.25) is 4.79 Å². The van der Waals surface area contributed by atoms with Crippen molar-refractivity contribution in [3.8, 4) is 23.3 Å². The number of carbonyl (C=O) groups excluding carboxylic acids is 1. The van der Waals surface area contributed by atoms with Gasteiger partial charge in [0.1, 0.15) is 12.4 Å². The lowest BCUT2D eigenvalue weighted by atomic mass is 10.1. The van der Waals surface area contributed by atoms with E-state index in [9.17, 15) is 9.90 Å². The number of benzene rings is 3. The number of phenols is 1. The summed E-state index contributed by atoms with van der Waals surface area (Å²) in [5.41, 5.74) is 4.24. The molecule has 0 atom stereocenters. The summed E-state index contributed by atoms with van der Waals surface area (Å²) in [6, 6.07) is 16.5. The largest absolute Gasteiger partial charge is 0.506 e. The van der Waals surface area contributed by atoms with Gasteiger partial charge in [0.25, 0.3) is 5.91 Å². The van der Waals surface area contributed by atoms with Crippen molar-refractivity contribution >= 4 is 46.9 Å². The van der Waals surface area contributed by atoms with Gasteiger partial charge in [0.05, 0.1) is 21.3 Å². The number of nitrogens with one attached hydrogen (secondary N) is 1. The molecule has 156 valence electrons. The Labute approximate surface area is 194 Å². The van der Waals surface area contributed by atoms with E-state index in [1.807, 2.05) is 24.3 Å². The van der Waals surface area contributed by atoms with Crippen LogP contribution in [0.25, 0.3) is 0 Å². The van der Waals surface area contributed by atoms with E-state index in [0.29, 0.717) is 15.8 Å². The Morgan fingerprint density at radius 2 is 1.74 bits per heavy atom. The first-order valence-corrected chi connectivity index (χ1v) is 10.0. The van der Waals surface area contributed by atoms with Crippen LogP contribution in [0.3, 0.4) is 0 Å².